The molecule has 21 heavy (non-hydrogen) atoms. The summed E-state index contributed by atoms with van der Waals surface area (Å²) in [6, 6.07) is 2.96. The summed E-state index contributed by atoms with van der Waals surface area (Å²) < 4.78 is 5.05. The zero-order valence-corrected chi connectivity index (χ0v) is 11.8. The Kier molecular flexibility index (Phi) is 6.79. The highest BCUT2D eigenvalue weighted by Gasteiger charge is 2.10. The lowest BCUT2D eigenvalue weighted by Gasteiger charge is -2.17. The normalized spacial score (nSPS) is 9.95. The maximum atomic E-state index is 11.7. The van der Waals surface area contributed by atoms with Crippen LogP contribution in [0.4, 0.5) is 4.79 Å². The lowest BCUT2D eigenvalue weighted by atomic mass is 10.3. The van der Waals surface area contributed by atoms with Gasteiger partial charge in [-0.15, -0.1) is 0 Å². The molecule has 0 aliphatic rings. The number of likely N-dealkylation sites (N-methyl/N-ethyl adjacent to an activating group) is 1. The van der Waals surface area contributed by atoms with E-state index < -0.39 is 12.0 Å². The molecule has 0 atom stereocenters. The van der Waals surface area contributed by atoms with E-state index in [9.17, 15) is 14.4 Å². The highest BCUT2D eigenvalue weighted by Crippen LogP contribution is 1.98. The number of nitrogens with zero attached hydrogens (tertiary/aromatic N) is 1. The molecule has 1 aromatic rings. The van der Waals surface area contributed by atoms with Crippen molar-refractivity contribution in [2.24, 2.45) is 0 Å². The molecule has 0 saturated heterocycles. The average Bonchev–Trinajstić information content (AvgIpc) is 2.95. The van der Waals surface area contributed by atoms with Gasteiger partial charge in [0.2, 0.25) is 5.91 Å². The van der Waals surface area contributed by atoms with E-state index in [1.807, 2.05) is 0 Å². The second-order valence-electron chi connectivity index (χ2n) is 4.43. The molecule has 0 aromatic carbocycles. The summed E-state index contributed by atoms with van der Waals surface area (Å²) in [6.45, 7) is 0.426. The van der Waals surface area contributed by atoms with Crippen molar-refractivity contribution in [2.75, 3.05) is 20.1 Å². The van der Waals surface area contributed by atoms with E-state index in [0.717, 1.165) is 0 Å². The fraction of sp³-hybridized carbons (Fsp3) is 0.462. The van der Waals surface area contributed by atoms with Crippen molar-refractivity contribution in [3.63, 3.8) is 0 Å². The summed E-state index contributed by atoms with van der Waals surface area (Å²) in [5.74, 6) is -0.568. The molecule has 0 aliphatic heterocycles. The van der Waals surface area contributed by atoms with Gasteiger partial charge in [0.1, 0.15) is 5.76 Å². The van der Waals surface area contributed by atoms with E-state index in [2.05, 4.69) is 10.6 Å². The van der Waals surface area contributed by atoms with E-state index in [-0.39, 0.29) is 25.4 Å². The fourth-order valence-corrected chi connectivity index (χ4v) is 1.53. The molecule has 1 rings (SSSR count). The average molecular weight is 297 g/mol. The highest BCUT2D eigenvalue weighted by molar-refractivity contribution is 5.83. The number of rotatable bonds is 8. The van der Waals surface area contributed by atoms with Crippen molar-refractivity contribution in [3.05, 3.63) is 24.2 Å². The molecule has 0 spiro atoms. The smallest absolute Gasteiger partial charge is 0.315 e. The van der Waals surface area contributed by atoms with Gasteiger partial charge in [-0.2, -0.15) is 0 Å². The van der Waals surface area contributed by atoms with Gasteiger partial charge in [0.25, 0.3) is 0 Å². The van der Waals surface area contributed by atoms with Crippen LogP contribution in [0, 0.1) is 0 Å². The first-order valence-corrected chi connectivity index (χ1v) is 6.49. The second-order valence-corrected chi connectivity index (χ2v) is 4.43. The molecular formula is C13H19N3O5. The second kappa shape index (κ2) is 8.62. The number of urea groups is 1. The first-order chi connectivity index (χ1) is 9.99. The minimum absolute atomic E-state index is 0.00861. The lowest BCUT2D eigenvalue weighted by Crippen LogP contribution is -2.42. The number of carboxylic acid groups (broad SMARTS) is 1. The van der Waals surface area contributed by atoms with Crippen LogP contribution in [0.15, 0.2) is 22.8 Å². The molecule has 3 N–H and O–H groups in total. The maximum Gasteiger partial charge on any atom is 0.315 e. The zero-order chi connectivity index (χ0) is 15.7. The van der Waals surface area contributed by atoms with Gasteiger partial charge < -0.3 is 25.1 Å². The van der Waals surface area contributed by atoms with Crippen LogP contribution in [0.1, 0.15) is 18.6 Å². The van der Waals surface area contributed by atoms with Crippen molar-refractivity contribution >= 4 is 17.9 Å². The number of hydrogen-bond donors (Lipinski definition) is 3. The monoisotopic (exact) mass is 297 g/mol. The van der Waals surface area contributed by atoms with Crippen molar-refractivity contribution in [1.29, 1.82) is 0 Å². The van der Waals surface area contributed by atoms with Crippen molar-refractivity contribution in [3.8, 4) is 0 Å². The lowest BCUT2D eigenvalue weighted by molar-refractivity contribution is -0.137. The molecule has 8 nitrogen and oxygen atoms in total. The van der Waals surface area contributed by atoms with Crippen LogP contribution in [0.2, 0.25) is 0 Å². The number of amides is 3. The fourth-order valence-electron chi connectivity index (χ4n) is 1.53. The van der Waals surface area contributed by atoms with Gasteiger partial charge in [-0.05, 0) is 18.6 Å². The summed E-state index contributed by atoms with van der Waals surface area (Å²) in [6.07, 6.45) is 1.89. The van der Waals surface area contributed by atoms with Crippen molar-refractivity contribution in [1.82, 2.24) is 15.5 Å². The van der Waals surface area contributed by atoms with E-state index in [0.29, 0.717) is 18.7 Å². The predicted octanol–water partition coefficient (Wildman–Crippen LogP) is 0.402. The van der Waals surface area contributed by atoms with Gasteiger partial charge in [0.05, 0.1) is 19.4 Å². The molecule has 0 bridgehead atoms. The van der Waals surface area contributed by atoms with Crippen LogP contribution < -0.4 is 10.6 Å². The predicted molar refractivity (Wildman–Crippen MR) is 73.5 cm³/mol. The Bertz CT molecular complexity index is 472. The van der Waals surface area contributed by atoms with Crippen LogP contribution in [-0.4, -0.2) is 48.1 Å². The Morgan fingerprint density at radius 3 is 2.71 bits per heavy atom. The van der Waals surface area contributed by atoms with E-state index in [1.54, 1.807) is 19.2 Å². The number of aliphatic carboxylic acids is 1. The summed E-state index contributed by atoms with van der Waals surface area (Å²) in [7, 11) is 1.56. The standard InChI is InChI=1S/C13H19N3O5/c1-16(6-2-5-12(18)19)11(17)9-15-13(20)14-8-10-4-3-7-21-10/h3-4,7H,2,5-6,8-9H2,1H3,(H,18,19)(H2,14,15,20). The molecule has 1 aromatic heterocycles. The third kappa shape index (κ3) is 7.00. The summed E-state index contributed by atoms with van der Waals surface area (Å²) >= 11 is 0. The van der Waals surface area contributed by atoms with E-state index >= 15 is 0 Å². The third-order valence-corrected chi connectivity index (χ3v) is 2.71. The molecule has 0 aliphatic carbocycles. The molecule has 1 heterocycles. The van der Waals surface area contributed by atoms with Gasteiger partial charge in [0.15, 0.2) is 0 Å². The molecule has 116 valence electrons. The Morgan fingerprint density at radius 1 is 1.33 bits per heavy atom. The van der Waals surface area contributed by atoms with Gasteiger partial charge in [0, 0.05) is 20.0 Å². The zero-order valence-electron chi connectivity index (χ0n) is 11.8. The number of hydrogen-bond acceptors (Lipinski definition) is 4. The third-order valence-electron chi connectivity index (χ3n) is 2.71. The number of carbonyl (C=O) groups is 3. The van der Waals surface area contributed by atoms with Gasteiger partial charge in [-0.25, -0.2) is 4.79 Å². The number of carboxylic acids is 1. The summed E-state index contributed by atoms with van der Waals surface area (Å²) in [5, 5.41) is 13.5. The molecule has 0 fully saturated rings. The van der Waals surface area contributed by atoms with Crippen LogP contribution in [0.5, 0.6) is 0 Å². The molecule has 0 saturated carbocycles. The van der Waals surface area contributed by atoms with Crippen molar-refractivity contribution < 1.29 is 23.9 Å². The largest absolute Gasteiger partial charge is 0.481 e. The molecule has 0 radical (unpaired) electrons. The van der Waals surface area contributed by atoms with E-state index in [4.69, 9.17) is 9.52 Å². The molecule has 8 heteroatoms. The van der Waals surface area contributed by atoms with Crippen LogP contribution in [-0.2, 0) is 16.1 Å². The Morgan fingerprint density at radius 2 is 2.10 bits per heavy atom. The SMILES string of the molecule is CN(CCCC(=O)O)C(=O)CNC(=O)NCc1ccco1. The Hall–Kier alpha value is -2.51. The number of carbonyl (C=O) groups excluding carboxylic acids is 2. The Balaban J connectivity index is 2.16. The minimum atomic E-state index is -0.897. The minimum Gasteiger partial charge on any atom is -0.481 e. The van der Waals surface area contributed by atoms with Crippen LogP contribution in [0.3, 0.4) is 0 Å². The van der Waals surface area contributed by atoms with Crippen molar-refractivity contribution in [2.45, 2.75) is 19.4 Å². The molecule has 3 amide bonds. The van der Waals surface area contributed by atoms with E-state index in [1.165, 1.54) is 11.2 Å². The molecular weight excluding hydrogens is 278 g/mol. The number of furan rings is 1. The van der Waals surface area contributed by atoms with Gasteiger partial charge in [-0.3, -0.25) is 9.59 Å². The maximum absolute atomic E-state index is 11.7. The quantitative estimate of drug-likeness (QED) is 0.643. The summed E-state index contributed by atoms with van der Waals surface area (Å²) in [5.41, 5.74) is 0. The van der Waals surface area contributed by atoms with Crippen LogP contribution in [0.25, 0.3) is 0 Å². The topological polar surface area (TPSA) is 112 Å². The van der Waals surface area contributed by atoms with Gasteiger partial charge >= 0.3 is 12.0 Å². The highest BCUT2D eigenvalue weighted by atomic mass is 16.4. The number of nitrogens with one attached hydrogen (secondary N) is 2. The Labute approximate surface area is 122 Å². The van der Waals surface area contributed by atoms with Gasteiger partial charge in [-0.1, -0.05) is 0 Å². The first-order valence-electron chi connectivity index (χ1n) is 6.49. The van der Waals surface area contributed by atoms with Crippen LogP contribution >= 0.6 is 0 Å². The summed E-state index contributed by atoms with van der Waals surface area (Å²) in [4.78, 5) is 34.9. The first kappa shape index (κ1) is 16.5. The molecule has 0 unspecified atom stereocenters.